The van der Waals surface area contributed by atoms with Gasteiger partial charge in [-0.2, -0.15) is 0 Å². The number of carboxylic acid groups (broad SMARTS) is 1. The van der Waals surface area contributed by atoms with Gasteiger partial charge in [-0.25, -0.2) is 9.37 Å². The summed E-state index contributed by atoms with van der Waals surface area (Å²) >= 11 is 12.3. The zero-order chi connectivity index (χ0) is 22.5. The number of ether oxygens (including phenoxy) is 1. The molecule has 0 spiro atoms. The summed E-state index contributed by atoms with van der Waals surface area (Å²) in [5.74, 6) is -2.10. The summed E-state index contributed by atoms with van der Waals surface area (Å²) in [6.45, 7) is 0. The van der Waals surface area contributed by atoms with Crippen LogP contribution in [0.2, 0.25) is 10.0 Å². The first kappa shape index (κ1) is 22.5. The number of carboxylic acids is 1. The number of amides is 1. The molecule has 1 atom stereocenters. The molecule has 31 heavy (non-hydrogen) atoms. The Hall–Kier alpha value is -3.16. The van der Waals surface area contributed by atoms with Crippen LogP contribution in [-0.2, 0) is 4.79 Å². The van der Waals surface area contributed by atoms with E-state index in [2.05, 4.69) is 10.3 Å². The van der Waals surface area contributed by atoms with Crippen molar-refractivity contribution in [2.24, 2.45) is 0 Å². The molecule has 160 valence electrons. The minimum Gasteiger partial charge on any atom is -0.494 e. The van der Waals surface area contributed by atoms with Crippen LogP contribution in [0.5, 0.6) is 5.75 Å². The predicted molar refractivity (Wildman–Crippen MR) is 115 cm³/mol. The van der Waals surface area contributed by atoms with Crippen LogP contribution in [0.15, 0.2) is 54.6 Å². The molecule has 0 aliphatic rings. The molecule has 9 heteroatoms. The number of hydrogen-bond acceptors (Lipinski definition) is 4. The molecule has 1 heterocycles. The highest BCUT2D eigenvalue weighted by atomic mass is 35.5. The Bertz CT molecular complexity index is 1140. The van der Waals surface area contributed by atoms with Crippen molar-refractivity contribution in [1.82, 2.24) is 10.3 Å². The first-order valence-electron chi connectivity index (χ1n) is 9.08. The molecule has 2 N–H and O–H groups in total. The van der Waals surface area contributed by atoms with Crippen LogP contribution >= 0.6 is 23.2 Å². The number of carbonyl (C=O) groups is 2. The predicted octanol–water partition coefficient (Wildman–Crippen LogP) is 5.15. The van der Waals surface area contributed by atoms with Crippen molar-refractivity contribution in [3.63, 3.8) is 0 Å². The number of nitrogens with zero attached hydrogens (tertiary/aromatic N) is 1. The van der Waals surface area contributed by atoms with E-state index in [-0.39, 0.29) is 34.1 Å². The number of methoxy groups -OCH3 is 1. The van der Waals surface area contributed by atoms with Crippen LogP contribution in [-0.4, -0.2) is 29.1 Å². The standard InChI is InChI=1S/C22H17Cl2FN2O4/c1-31-18-10-9-16(26-21(18)13-6-4-8-15(25)20(13)24)22(30)27-17(11-19(28)29)12-5-2-3-7-14(12)23/h2-10,17H,11H2,1H3,(H,27,30)(H,28,29)/t17-/m0/s1. The maximum atomic E-state index is 13.9. The zero-order valence-corrected chi connectivity index (χ0v) is 17.7. The van der Waals surface area contributed by atoms with E-state index in [1.807, 2.05) is 0 Å². The van der Waals surface area contributed by atoms with E-state index in [9.17, 15) is 19.1 Å². The molecule has 0 saturated carbocycles. The second-order valence-electron chi connectivity index (χ2n) is 6.49. The van der Waals surface area contributed by atoms with Gasteiger partial charge in [-0.3, -0.25) is 9.59 Å². The lowest BCUT2D eigenvalue weighted by Crippen LogP contribution is -2.31. The fourth-order valence-electron chi connectivity index (χ4n) is 3.02. The number of aromatic nitrogens is 1. The third kappa shape index (κ3) is 5.13. The average Bonchev–Trinajstić information content (AvgIpc) is 2.74. The second-order valence-corrected chi connectivity index (χ2v) is 7.28. The number of benzene rings is 2. The number of hydrogen-bond donors (Lipinski definition) is 2. The maximum Gasteiger partial charge on any atom is 0.305 e. The van der Waals surface area contributed by atoms with E-state index in [0.717, 1.165) is 0 Å². The van der Waals surface area contributed by atoms with Crippen molar-refractivity contribution < 1.29 is 23.8 Å². The molecular formula is C22H17Cl2FN2O4. The molecule has 0 saturated heterocycles. The molecular weight excluding hydrogens is 446 g/mol. The Kier molecular flexibility index (Phi) is 7.09. The highest BCUT2D eigenvalue weighted by Crippen LogP contribution is 2.35. The Labute approximate surface area is 187 Å². The fraction of sp³-hybridized carbons (Fsp3) is 0.136. The number of aliphatic carboxylic acids is 1. The Morgan fingerprint density at radius 3 is 2.55 bits per heavy atom. The molecule has 2 aromatic carbocycles. The van der Waals surface area contributed by atoms with E-state index < -0.39 is 23.7 Å². The summed E-state index contributed by atoms with van der Waals surface area (Å²) in [4.78, 5) is 28.5. The van der Waals surface area contributed by atoms with Crippen molar-refractivity contribution >= 4 is 35.1 Å². The highest BCUT2D eigenvalue weighted by Gasteiger charge is 2.23. The van der Waals surface area contributed by atoms with Gasteiger partial charge in [-0.05, 0) is 29.8 Å². The summed E-state index contributed by atoms with van der Waals surface area (Å²) in [7, 11) is 1.41. The molecule has 0 fully saturated rings. The van der Waals surface area contributed by atoms with Gasteiger partial charge in [-0.15, -0.1) is 0 Å². The molecule has 1 amide bonds. The molecule has 0 aliphatic carbocycles. The Morgan fingerprint density at radius 2 is 1.87 bits per heavy atom. The van der Waals surface area contributed by atoms with E-state index in [0.29, 0.717) is 10.6 Å². The van der Waals surface area contributed by atoms with Crippen molar-refractivity contribution in [2.45, 2.75) is 12.5 Å². The zero-order valence-electron chi connectivity index (χ0n) is 16.2. The maximum absolute atomic E-state index is 13.9. The summed E-state index contributed by atoms with van der Waals surface area (Å²) < 4.78 is 19.2. The average molecular weight is 463 g/mol. The van der Waals surface area contributed by atoms with Gasteiger partial charge in [0.15, 0.2) is 0 Å². The normalized spacial score (nSPS) is 11.6. The van der Waals surface area contributed by atoms with Crippen LogP contribution in [0.1, 0.15) is 28.5 Å². The van der Waals surface area contributed by atoms with Crippen LogP contribution in [0, 0.1) is 5.82 Å². The van der Waals surface area contributed by atoms with Crippen LogP contribution in [0.3, 0.4) is 0 Å². The quantitative estimate of drug-likeness (QED) is 0.506. The van der Waals surface area contributed by atoms with Crippen molar-refractivity contribution in [1.29, 1.82) is 0 Å². The van der Waals surface area contributed by atoms with Crippen molar-refractivity contribution in [3.05, 3.63) is 81.7 Å². The van der Waals surface area contributed by atoms with E-state index in [4.69, 9.17) is 27.9 Å². The van der Waals surface area contributed by atoms with Crippen molar-refractivity contribution in [2.75, 3.05) is 7.11 Å². The largest absolute Gasteiger partial charge is 0.494 e. The van der Waals surface area contributed by atoms with Gasteiger partial charge in [0.25, 0.3) is 5.91 Å². The molecule has 1 aromatic heterocycles. The van der Waals surface area contributed by atoms with Crippen molar-refractivity contribution in [3.8, 4) is 17.0 Å². The number of nitrogens with one attached hydrogen (secondary N) is 1. The number of carbonyl (C=O) groups excluding carboxylic acids is 1. The lowest BCUT2D eigenvalue weighted by molar-refractivity contribution is -0.137. The third-order valence-electron chi connectivity index (χ3n) is 4.48. The van der Waals surface area contributed by atoms with Gasteiger partial charge >= 0.3 is 5.97 Å². The fourth-order valence-corrected chi connectivity index (χ4v) is 3.50. The molecule has 3 rings (SSSR count). The molecule has 6 nitrogen and oxygen atoms in total. The lowest BCUT2D eigenvalue weighted by Gasteiger charge is -2.19. The second kappa shape index (κ2) is 9.76. The van der Waals surface area contributed by atoms with Gasteiger partial charge in [0, 0.05) is 10.6 Å². The van der Waals surface area contributed by atoms with Gasteiger partial charge in [0.1, 0.15) is 23.0 Å². The molecule has 0 unspecified atom stereocenters. The summed E-state index contributed by atoms with van der Waals surface area (Å²) in [6, 6.07) is 12.9. The minimum absolute atomic E-state index is 0.0291. The smallest absolute Gasteiger partial charge is 0.305 e. The topological polar surface area (TPSA) is 88.5 Å². The molecule has 3 aromatic rings. The van der Waals surface area contributed by atoms with Gasteiger partial charge in [0.2, 0.25) is 0 Å². The summed E-state index contributed by atoms with van der Waals surface area (Å²) in [5, 5.41) is 12.1. The molecule has 0 aliphatic heterocycles. The molecule has 0 bridgehead atoms. The van der Waals surface area contributed by atoms with Gasteiger partial charge in [0.05, 0.1) is 24.6 Å². The minimum atomic E-state index is -1.11. The van der Waals surface area contributed by atoms with Crippen LogP contribution < -0.4 is 10.1 Å². The SMILES string of the molecule is COc1ccc(C(=O)N[C@@H](CC(=O)O)c2ccccc2Cl)nc1-c1cccc(F)c1Cl. The highest BCUT2D eigenvalue weighted by molar-refractivity contribution is 6.33. The first-order valence-corrected chi connectivity index (χ1v) is 9.84. The lowest BCUT2D eigenvalue weighted by atomic mass is 10.0. The number of pyridine rings is 1. The Balaban J connectivity index is 1.98. The third-order valence-corrected chi connectivity index (χ3v) is 5.21. The Morgan fingerprint density at radius 1 is 1.13 bits per heavy atom. The van der Waals surface area contributed by atoms with Crippen LogP contribution in [0.4, 0.5) is 4.39 Å². The van der Waals surface area contributed by atoms with Crippen LogP contribution in [0.25, 0.3) is 11.3 Å². The first-order chi connectivity index (χ1) is 14.8. The number of rotatable bonds is 7. The van der Waals surface area contributed by atoms with E-state index >= 15 is 0 Å². The monoisotopic (exact) mass is 462 g/mol. The van der Waals surface area contributed by atoms with Gasteiger partial charge in [-0.1, -0.05) is 53.5 Å². The van der Waals surface area contributed by atoms with Gasteiger partial charge < -0.3 is 15.2 Å². The molecule has 0 radical (unpaired) electrons. The summed E-state index contributed by atoms with van der Waals surface area (Å²) in [6.07, 6.45) is -0.381. The van der Waals surface area contributed by atoms with E-state index in [1.54, 1.807) is 30.3 Å². The van der Waals surface area contributed by atoms with E-state index in [1.165, 1.54) is 31.4 Å². The summed E-state index contributed by atoms with van der Waals surface area (Å²) in [5.41, 5.74) is 0.855. The number of halogens is 3.